The van der Waals surface area contributed by atoms with Gasteiger partial charge in [-0.25, -0.2) is 9.18 Å². The van der Waals surface area contributed by atoms with Crippen LogP contribution in [-0.4, -0.2) is 65.8 Å². The second kappa shape index (κ2) is 13.8. The number of carboxylic acid groups (broad SMARTS) is 1. The molecule has 0 aliphatic carbocycles. The third-order valence-corrected chi connectivity index (χ3v) is 6.07. The zero-order valence-corrected chi connectivity index (χ0v) is 22.3. The second-order valence-corrected chi connectivity index (χ2v) is 8.97. The van der Waals surface area contributed by atoms with Crippen LogP contribution in [0.1, 0.15) is 30.0 Å². The molecule has 3 aromatic rings. The van der Waals surface area contributed by atoms with Crippen molar-refractivity contribution in [2.45, 2.75) is 13.3 Å². The van der Waals surface area contributed by atoms with Crippen molar-refractivity contribution in [1.82, 2.24) is 9.80 Å². The van der Waals surface area contributed by atoms with Crippen LogP contribution in [0.3, 0.4) is 0 Å². The molecular formula is C31H33FN2O5. The number of rotatable bonds is 11. The molecule has 39 heavy (non-hydrogen) atoms. The quantitative estimate of drug-likeness (QED) is 0.237. The minimum absolute atomic E-state index is 0.0584. The van der Waals surface area contributed by atoms with Gasteiger partial charge in [-0.1, -0.05) is 55.5 Å². The summed E-state index contributed by atoms with van der Waals surface area (Å²) in [6.07, 6.45) is 2.36. The SMILES string of the molecule is CC/C(=C(/c1ccc(OCCN(C/C=C/C(=O)N(C)C)C(=O)O)cc1)c1ccc(O)cc1F)c1ccccc1. The first-order valence-electron chi connectivity index (χ1n) is 12.6. The van der Waals surface area contributed by atoms with Crippen LogP contribution in [0.15, 0.2) is 84.9 Å². The van der Waals surface area contributed by atoms with E-state index in [0.29, 0.717) is 23.3 Å². The van der Waals surface area contributed by atoms with Crippen molar-refractivity contribution in [1.29, 1.82) is 0 Å². The summed E-state index contributed by atoms with van der Waals surface area (Å²) in [5, 5.41) is 19.2. The van der Waals surface area contributed by atoms with Gasteiger partial charge in [0.1, 0.15) is 23.9 Å². The molecule has 0 atom stereocenters. The van der Waals surface area contributed by atoms with Gasteiger partial charge >= 0.3 is 6.09 Å². The average Bonchev–Trinajstić information content (AvgIpc) is 2.92. The van der Waals surface area contributed by atoms with E-state index in [1.807, 2.05) is 49.4 Å². The fourth-order valence-corrected chi connectivity index (χ4v) is 4.05. The summed E-state index contributed by atoms with van der Waals surface area (Å²) < 4.78 is 20.8. The predicted molar refractivity (Wildman–Crippen MR) is 150 cm³/mol. The lowest BCUT2D eigenvalue weighted by Crippen LogP contribution is -2.33. The lowest BCUT2D eigenvalue weighted by atomic mass is 9.88. The van der Waals surface area contributed by atoms with Crippen molar-refractivity contribution in [2.75, 3.05) is 33.8 Å². The number of carbonyl (C=O) groups excluding carboxylic acids is 1. The first kappa shape index (κ1) is 29.0. The van der Waals surface area contributed by atoms with Crippen molar-refractivity contribution in [3.05, 3.63) is 107 Å². The molecule has 204 valence electrons. The number of hydrogen-bond donors (Lipinski definition) is 2. The van der Waals surface area contributed by atoms with Gasteiger partial charge in [0.05, 0.1) is 6.54 Å². The Labute approximate surface area is 228 Å². The number of benzene rings is 3. The summed E-state index contributed by atoms with van der Waals surface area (Å²) in [5.74, 6) is -0.365. The van der Waals surface area contributed by atoms with Crippen molar-refractivity contribution in [3.8, 4) is 11.5 Å². The molecule has 8 heteroatoms. The number of halogens is 1. The number of likely N-dealkylation sites (N-methyl/N-ethyl adjacent to an activating group) is 1. The molecule has 0 heterocycles. The number of aromatic hydroxyl groups is 1. The van der Waals surface area contributed by atoms with E-state index in [1.165, 1.54) is 23.1 Å². The van der Waals surface area contributed by atoms with E-state index in [0.717, 1.165) is 27.7 Å². The molecule has 0 saturated heterocycles. The maximum atomic E-state index is 15.1. The molecule has 0 unspecified atom stereocenters. The molecule has 0 aromatic heterocycles. The van der Waals surface area contributed by atoms with E-state index in [1.54, 1.807) is 32.3 Å². The molecule has 0 radical (unpaired) electrons. The minimum atomic E-state index is -1.12. The fourth-order valence-electron chi connectivity index (χ4n) is 4.05. The van der Waals surface area contributed by atoms with Gasteiger partial charge in [-0.15, -0.1) is 0 Å². The summed E-state index contributed by atoms with van der Waals surface area (Å²) in [4.78, 5) is 25.7. The topological polar surface area (TPSA) is 90.3 Å². The van der Waals surface area contributed by atoms with E-state index in [4.69, 9.17) is 4.74 Å². The van der Waals surface area contributed by atoms with Crippen LogP contribution in [0.5, 0.6) is 11.5 Å². The van der Waals surface area contributed by atoms with Gasteiger partial charge in [-0.2, -0.15) is 0 Å². The summed E-state index contributed by atoms with van der Waals surface area (Å²) >= 11 is 0. The Kier molecular flexibility index (Phi) is 10.3. The zero-order chi connectivity index (χ0) is 28.4. The van der Waals surface area contributed by atoms with Gasteiger partial charge in [-0.3, -0.25) is 4.79 Å². The first-order chi connectivity index (χ1) is 18.7. The number of carbonyl (C=O) groups is 2. The third kappa shape index (κ3) is 7.95. The summed E-state index contributed by atoms with van der Waals surface area (Å²) in [6.45, 7) is 2.29. The van der Waals surface area contributed by atoms with Crippen LogP contribution >= 0.6 is 0 Å². The predicted octanol–water partition coefficient (Wildman–Crippen LogP) is 5.90. The van der Waals surface area contributed by atoms with E-state index in [9.17, 15) is 19.8 Å². The Balaban J connectivity index is 1.81. The van der Waals surface area contributed by atoms with Crippen LogP contribution < -0.4 is 4.74 Å². The molecule has 0 saturated carbocycles. The van der Waals surface area contributed by atoms with Crippen LogP contribution in [0.25, 0.3) is 11.1 Å². The Morgan fingerprint density at radius 2 is 1.67 bits per heavy atom. The molecule has 2 N–H and O–H groups in total. The van der Waals surface area contributed by atoms with Gasteiger partial charge in [0.2, 0.25) is 5.91 Å². The first-order valence-corrected chi connectivity index (χ1v) is 12.6. The maximum absolute atomic E-state index is 15.1. The fraction of sp³-hybridized carbons (Fsp3) is 0.226. The molecule has 3 rings (SSSR count). The van der Waals surface area contributed by atoms with Crippen LogP contribution in [0, 0.1) is 5.82 Å². The highest BCUT2D eigenvalue weighted by atomic mass is 19.1. The van der Waals surface area contributed by atoms with Gasteiger partial charge in [0, 0.05) is 38.3 Å². The number of hydrogen-bond acceptors (Lipinski definition) is 4. The lowest BCUT2D eigenvalue weighted by Gasteiger charge is -2.19. The molecule has 0 fully saturated rings. The largest absolute Gasteiger partial charge is 0.508 e. The average molecular weight is 533 g/mol. The maximum Gasteiger partial charge on any atom is 0.407 e. The van der Waals surface area contributed by atoms with E-state index in [2.05, 4.69) is 0 Å². The van der Waals surface area contributed by atoms with Crippen molar-refractivity contribution in [3.63, 3.8) is 0 Å². The number of allylic oxidation sites excluding steroid dienone is 1. The molecule has 0 aliphatic heterocycles. The van der Waals surface area contributed by atoms with Crippen molar-refractivity contribution in [2.24, 2.45) is 0 Å². The molecular weight excluding hydrogens is 499 g/mol. The smallest absolute Gasteiger partial charge is 0.407 e. The Hall–Kier alpha value is -4.59. The molecule has 0 bridgehead atoms. The minimum Gasteiger partial charge on any atom is -0.508 e. The molecule has 0 aliphatic rings. The number of nitrogens with zero attached hydrogens (tertiary/aromatic N) is 2. The van der Waals surface area contributed by atoms with E-state index >= 15 is 4.39 Å². The number of amides is 2. The zero-order valence-electron chi connectivity index (χ0n) is 22.3. The van der Waals surface area contributed by atoms with Crippen LogP contribution in [0.2, 0.25) is 0 Å². The number of phenols is 1. The van der Waals surface area contributed by atoms with Crippen LogP contribution in [0.4, 0.5) is 9.18 Å². The Morgan fingerprint density at radius 3 is 2.26 bits per heavy atom. The van der Waals surface area contributed by atoms with E-state index < -0.39 is 11.9 Å². The van der Waals surface area contributed by atoms with Gasteiger partial charge < -0.3 is 24.7 Å². The van der Waals surface area contributed by atoms with Crippen LogP contribution in [-0.2, 0) is 4.79 Å². The standard InChI is InChI=1S/C31H33FN2O5/c1-4-26(22-9-6-5-7-10-22)30(27-17-14-24(35)21-28(27)32)23-12-15-25(16-13-23)39-20-19-34(31(37)38)18-8-11-29(36)33(2)3/h5-17,21,35H,4,18-20H2,1-3H3,(H,37,38)/b11-8+,30-26+. The highest BCUT2D eigenvalue weighted by Crippen LogP contribution is 2.36. The molecule has 3 aromatic carbocycles. The molecule has 2 amide bonds. The summed E-state index contributed by atoms with van der Waals surface area (Å²) in [5.41, 5.74) is 3.78. The Morgan fingerprint density at radius 1 is 0.974 bits per heavy atom. The van der Waals surface area contributed by atoms with Gasteiger partial charge in [0.25, 0.3) is 0 Å². The number of phenolic OH excluding ortho intramolecular Hbond substituents is 1. The van der Waals surface area contributed by atoms with E-state index in [-0.39, 0.29) is 31.4 Å². The normalized spacial score (nSPS) is 11.7. The molecule has 0 spiro atoms. The second-order valence-electron chi connectivity index (χ2n) is 8.97. The van der Waals surface area contributed by atoms with Crippen molar-refractivity contribution >= 4 is 23.1 Å². The third-order valence-electron chi connectivity index (χ3n) is 6.07. The monoisotopic (exact) mass is 532 g/mol. The summed E-state index contributed by atoms with van der Waals surface area (Å²) in [7, 11) is 3.23. The lowest BCUT2D eigenvalue weighted by molar-refractivity contribution is -0.123. The highest BCUT2D eigenvalue weighted by molar-refractivity contribution is 5.98. The summed E-state index contributed by atoms with van der Waals surface area (Å²) in [6, 6.07) is 21.1. The van der Waals surface area contributed by atoms with Crippen molar-refractivity contribution < 1.29 is 28.9 Å². The Bertz CT molecular complexity index is 1330. The van der Waals surface area contributed by atoms with Gasteiger partial charge in [-0.05, 0) is 53.0 Å². The molecule has 7 nitrogen and oxygen atoms in total. The number of ether oxygens (including phenoxy) is 1. The van der Waals surface area contributed by atoms with Gasteiger partial charge in [0.15, 0.2) is 0 Å². The highest BCUT2D eigenvalue weighted by Gasteiger charge is 2.17.